The third kappa shape index (κ3) is 2.62. The first-order chi connectivity index (χ1) is 9.08. The minimum absolute atomic E-state index is 0.0118. The summed E-state index contributed by atoms with van der Waals surface area (Å²) in [5, 5.41) is 0.0961. The van der Waals surface area contributed by atoms with Crippen LogP contribution >= 0.6 is 23.2 Å². The van der Waals surface area contributed by atoms with Gasteiger partial charge in [0.15, 0.2) is 17.8 Å². The van der Waals surface area contributed by atoms with E-state index < -0.39 is 12.1 Å². The van der Waals surface area contributed by atoms with E-state index in [9.17, 15) is 9.59 Å². The summed E-state index contributed by atoms with van der Waals surface area (Å²) in [5.74, 6) is -0.126. The van der Waals surface area contributed by atoms with Crippen LogP contribution in [-0.2, 0) is 9.53 Å². The van der Waals surface area contributed by atoms with Crippen LogP contribution in [0.2, 0.25) is 10.0 Å². The van der Waals surface area contributed by atoms with E-state index in [4.69, 9.17) is 37.4 Å². The van der Waals surface area contributed by atoms with E-state index in [1.54, 1.807) is 6.92 Å². The predicted molar refractivity (Wildman–Crippen MR) is 68.4 cm³/mol. The molecule has 0 spiro atoms. The number of halogens is 2. The topological polar surface area (TPSA) is 61.8 Å². The van der Waals surface area contributed by atoms with Crippen LogP contribution in [0.15, 0.2) is 6.07 Å². The fourth-order valence-electron chi connectivity index (χ4n) is 1.60. The van der Waals surface area contributed by atoms with Crippen LogP contribution in [0.1, 0.15) is 17.3 Å². The number of carbonyl (C=O) groups excluding carboxylic acids is 2. The third-order valence-corrected chi connectivity index (χ3v) is 3.35. The van der Waals surface area contributed by atoms with Crippen molar-refractivity contribution in [2.45, 2.75) is 13.0 Å². The zero-order chi connectivity index (χ0) is 14.0. The molecule has 2 rings (SSSR count). The molecule has 1 aliphatic heterocycles. The highest BCUT2D eigenvalue weighted by molar-refractivity contribution is 6.44. The van der Waals surface area contributed by atoms with Crippen LogP contribution in [0.3, 0.4) is 0 Å². The summed E-state index contributed by atoms with van der Waals surface area (Å²) >= 11 is 11.9. The normalized spacial score (nSPS) is 16.9. The van der Waals surface area contributed by atoms with Gasteiger partial charge in [0.1, 0.15) is 11.6 Å². The smallest absolute Gasteiger partial charge is 0.350 e. The number of benzene rings is 1. The summed E-state index contributed by atoms with van der Waals surface area (Å²) in [5.41, 5.74) is 0.198. The molecule has 0 bridgehead atoms. The molecule has 1 unspecified atom stereocenters. The van der Waals surface area contributed by atoms with Gasteiger partial charge in [-0.25, -0.2) is 4.79 Å². The maximum atomic E-state index is 11.6. The lowest BCUT2D eigenvalue weighted by Gasteiger charge is -2.26. The Morgan fingerprint density at radius 2 is 2.26 bits per heavy atom. The first-order valence-electron chi connectivity index (χ1n) is 5.51. The van der Waals surface area contributed by atoms with Gasteiger partial charge in [-0.2, -0.15) is 0 Å². The number of esters is 1. The van der Waals surface area contributed by atoms with Crippen molar-refractivity contribution in [1.82, 2.24) is 0 Å². The Hall–Kier alpha value is -1.46. The molecule has 0 saturated carbocycles. The van der Waals surface area contributed by atoms with Crippen molar-refractivity contribution in [1.29, 1.82) is 0 Å². The number of fused-ring (bicyclic) bond motifs is 1. The quantitative estimate of drug-likeness (QED) is 0.634. The van der Waals surface area contributed by atoms with E-state index in [1.165, 1.54) is 6.07 Å². The van der Waals surface area contributed by atoms with Crippen LogP contribution < -0.4 is 9.47 Å². The van der Waals surface area contributed by atoms with Gasteiger partial charge in [-0.15, -0.1) is 0 Å². The maximum Gasteiger partial charge on any atom is 0.350 e. The van der Waals surface area contributed by atoms with E-state index in [0.29, 0.717) is 6.29 Å². The fraction of sp³-hybridized carbons (Fsp3) is 0.333. The zero-order valence-electron chi connectivity index (χ0n) is 9.94. The van der Waals surface area contributed by atoms with Crippen molar-refractivity contribution in [3.63, 3.8) is 0 Å². The van der Waals surface area contributed by atoms with Crippen molar-refractivity contribution in [2.24, 2.45) is 0 Å². The van der Waals surface area contributed by atoms with E-state index in [-0.39, 0.29) is 40.3 Å². The molecule has 1 atom stereocenters. The largest absolute Gasteiger partial charge is 0.485 e. The SMILES string of the molecule is CCOC(=O)C1COc2cc(C=O)c(Cl)c(Cl)c2O1. The van der Waals surface area contributed by atoms with Crippen molar-refractivity contribution in [2.75, 3.05) is 13.2 Å². The molecule has 1 heterocycles. The lowest BCUT2D eigenvalue weighted by molar-refractivity contribution is -0.153. The second-order valence-corrected chi connectivity index (χ2v) is 4.46. The molecule has 5 nitrogen and oxygen atoms in total. The Bertz CT molecular complexity index is 529. The van der Waals surface area contributed by atoms with Crippen LogP contribution in [-0.4, -0.2) is 31.6 Å². The van der Waals surface area contributed by atoms with Crippen molar-refractivity contribution in [3.05, 3.63) is 21.7 Å². The minimum atomic E-state index is -0.900. The van der Waals surface area contributed by atoms with E-state index in [1.807, 2.05) is 0 Å². The van der Waals surface area contributed by atoms with Crippen LogP contribution in [0, 0.1) is 0 Å². The molecule has 0 radical (unpaired) electrons. The van der Waals surface area contributed by atoms with E-state index in [2.05, 4.69) is 0 Å². The second-order valence-electron chi connectivity index (χ2n) is 3.71. The molecule has 102 valence electrons. The summed E-state index contributed by atoms with van der Waals surface area (Å²) in [7, 11) is 0. The van der Waals surface area contributed by atoms with Gasteiger partial charge in [0.25, 0.3) is 0 Å². The molecular weight excluding hydrogens is 295 g/mol. The average molecular weight is 305 g/mol. The average Bonchev–Trinajstić information content (AvgIpc) is 2.42. The maximum absolute atomic E-state index is 11.6. The second kappa shape index (κ2) is 5.67. The van der Waals surface area contributed by atoms with Gasteiger partial charge in [0.2, 0.25) is 6.10 Å². The number of rotatable bonds is 3. The van der Waals surface area contributed by atoms with Gasteiger partial charge < -0.3 is 14.2 Å². The van der Waals surface area contributed by atoms with Crippen molar-refractivity contribution in [3.8, 4) is 11.5 Å². The summed E-state index contributed by atoms with van der Waals surface area (Å²) in [6.45, 7) is 1.92. The monoisotopic (exact) mass is 304 g/mol. The highest BCUT2D eigenvalue weighted by Crippen LogP contribution is 2.44. The Morgan fingerprint density at radius 1 is 1.53 bits per heavy atom. The summed E-state index contributed by atoms with van der Waals surface area (Å²) in [4.78, 5) is 22.4. The Morgan fingerprint density at radius 3 is 2.89 bits per heavy atom. The Labute approximate surface area is 119 Å². The first kappa shape index (κ1) is 14.0. The number of ether oxygens (including phenoxy) is 3. The van der Waals surface area contributed by atoms with Gasteiger partial charge in [0.05, 0.1) is 11.6 Å². The van der Waals surface area contributed by atoms with Gasteiger partial charge in [-0.3, -0.25) is 4.79 Å². The van der Waals surface area contributed by atoms with Crippen molar-refractivity contribution >= 4 is 35.5 Å². The lowest BCUT2D eigenvalue weighted by atomic mass is 10.2. The predicted octanol–water partition coefficient (Wildman–Crippen LogP) is 2.51. The minimum Gasteiger partial charge on any atom is -0.485 e. The molecule has 0 amide bonds. The molecular formula is C12H10Cl2O5. The highest BCUT2D eigenvalue weighted by Gasteiger charge is 2.31. The number of hydrogen-bond donors (Lipinski definition) is 0. The summed E-state index contributed by atoms with van der Waals surface area (Å²) < 4.78 is 15.6. The Kier molecular flexibility index (Phi) is 4.17. The third-order valence-electron chi connectivity index (χ3n) is 2.48. The lowest BCUT2D eigenvalue weighted by Crippen LogP contribution is -2.38. The molecule has 0 saturated heterocycles. The van der Waals surface area contributed by atoms with Gasteiger partial charge >= 0.3 is 5.97 Å². The molecule has 0 aliphatic carbocycles. The molecule has 0 fully saturated rings. The van der Waals surface area contributed by atoms with E-state index in [0.717, 1.165) is 0 Å². The number of carbonyl (C=O) groups is 2. The first-order valence-corrected chi connectivity index (χ1v) is 6.27. The zero-order valence-corrected chi connectivity index (χ0v) is 11.5. The number of hydrogen-bond acceptors (Lipinski definition) is 5. The molecule has 19 heavy (non-hydrogen) atoms. The van der Waals surface area contributed by atoms with Crippen LogP contribution in [0.5, 0.6) is 11.5 Å². The summed E-state index contributed by atoms with van der Waals surface area (Å²) in [6, 6.07) is 1.41. The van der Waals surface area contributed by atoms with Gasteiger partial charge in [-0.05, 0) is 13.0 Å². The molecule has 1 aliphatic rings. The van der Waals surface area contributed by atoms with Gasteiger partial charge in [-0.1, -0.05) is 23.2 Å². The molecule has 1 aromatic rings. The van der Waals surface area contributed by atoms with Crippen molar-refractivity contribution < 1.29 is 23.8 Å². The van der Waals surface area contributed by atoms with Gasteiger partial charge in [0, 0.05) is 5.56 Å². The highest BCUT2D eigenvalue weighted by atomic mass is 35.5. The van der Waals surface area contributed by atoms with E-state index >= 15 is 0 Å². The Balaban J connectivity index is 2.33. The molecule has 7 heteroatoms. The molecule has 0 N–H and O–H groups in total. The standard InChI is InChI=1S/C12H10Cl2O5/c1-2-17-12(16)8-5-18-7-3-6(4-15)9(13)10(14)11(7)19-8/h3-4,8H,2,5H2,1H3. The summed E-state index contributed by atoms with van der Waals surface area (Å²) in [6.07, 6.45) is -0.335. The van der Waals surface area contributed by atoms with Crippen LogP contribution in [0.25, 0.3) is 0 Å². The molecule has 0 aromatic heterocycles. The number of aldehydes is 1. The molecule has 1 aromatic carbocycles. The fourth-order valence-corrected chi connectivity index (χ4v) is 2.03. The van der Waals surface area contributed by atoms with Crippen LogP contribution in [0.4, 0.5) is 0 Å².